The zero-order valence-electron chi connectivity index (χ0n) is 7.90. The topological polar surface area (TPSA) is 56.3 Å². The molecule has 4 heteroatoms. The van der Waals surface area contributed by atoms with E-state index in [1.165, 1.54) is 6.07 Å². The molecule has 0 saturated carbocycles. The molecule has 2 rings (SSSR count). The predicted octanol–water partition coefficient (Wildman–Crippen LogP) is 2.96. The van der Waals surface area contributed by atoms with E-state index in [0.29, 0.717) is 5.58 Å². The van der Waals surface area contributed by atoms with Crippen LogP contribution in [-0.4, -0.2) is 4.92 Å². The average Bonchev–Trinajstić information content (AvgIpc) is 2.43. The normalized spacial score (nSPS) is 10.7. The van der Waals surface area contributed by atoms with Crippen molar-refractivity contribution < 1.29 is 9.34 Å². The summed E-state index contributed by atoms with van der Waals surface area (Å²) in [6.07, 6.45) is 0. The van der Waals surface area contributed by atoms with Crippen LogP contribution in [0.5, 0.6) is 0 Å². The van der Waals surface area contributed by atoms with E-state index in [0.717, 1.165) is 16.7 Å². The number of aryl methyl sites for hydroxylation is 2. The van der Waals surface area contributed by atoms with Crippen LogP contribution in [-0.2, 0) is 0 Å². The maximum Gasteiger partial charge on any atom is 0.270 e. The third-order valence-electron chi connectivity index (χ3n) is 2.37. The van der Waals surface area contributed by atoms with Crippen molar-refractivity contribution in [2.75, 3.05) is 0 Å². The minimum absolute atomic E-state index is 0.0985. The second-order valence-electron chi connectivity index (χ2n) is 3.22. The van der Waals surface area contributed by atoms with Crippen LogP contribution in [0, 0.1) is 24.0 Å². The Morgan fingerprint density at radius 3 is 2.71 bits per heavy atom. The first-order valence-corrected chi connectivity index (χ1v) is 4.24. The first kappa shape index (κ1) is 8.74. The summed E-state index contributed by atoms with van der Waals surface area (Å²) in [5.74, 6) is 0.806. The SMILES string of the molecule is Cc1oc2ccc([N+](=O)[O-])cc2c1C. The lowest BCUT2D eigenvalue weighted by atomic mass is 10.1. The summed E-state index contributed by atoms with van der Waals surface area (Å²) >= 11 is 0. The standard InChI is InChI=1S/C10H9NO3/c1-6-7(2)14-10-4-3-8(11(12)13)5-9(6)10/h3-5H,1-2H3. The summed E-state index contributed by atoms with van der Waals surface area (Å²) in [5.41, 5.74) is 1.76. The molecule has 0 fully saturated rings. The Hall–Kier alpha value is -1.84. The van der Waals surface area contributed by atoms with Gasteiger partial charge in [-0.05, 0) is 25.5 Å². The van der Waals surface area contributed by atoms with Crippen LogP contribution >= 0.6 is 0 Å². The molecule has 0 aliphatic carbocycles. The fraction of sp³-hybridized carbons (Fsp3) is 0.200. The molecule has 0 N–H and O–H groups in total. The number of rotatable bonds is 1. The van der Waals surface area contributed by atoms with E-state index >= 15 is 0 Å². The molecule has 1 aromatic carbocycles. The number of nitrogens with zero attached hydrogens (tertiary/aromatic N) is 1. The van der Waals surface area contributed by atoms with Gasteiger partial charge < -0.3 is 4.42 Å². The molecule has 0 amide bonds. The van der Waals surface area contributed by atoms with E-state index < -0.39 is 4.92 Å². The van der Waals surface area contributed by atoms with Gasteiger partial charge in [0, 0.05) is 17.5 Å². The first-order chi connectivity index (χ1) is 6.59. The van der Waals surface area contributed by atoms with Crippen molar-refractivity contribution >= 4 is 16.7 Å². The largest absolute Gasteiger partial charge is 0.461 e. The molecular weight excluding hydrogens is 182 g/mol. The van der Waals surface area contributed by atoms with Gasteiger partial charge in [-0.3, -0.25) is 10.1 Å². The minimum Gasteiger partial charge on any atom is -0.461 e. The Morgan fingerprint density at radius 2 is 2.07 bits per heavy atom. The van der Waals surface area contributed by atoms with Gasteiger partial charge in [0.05, 0.1) is 4.92 Å². The van der Waals surface area contributed by atoms with Crippen molar-refractivity contribution in [1.82, 2.24) is 0 Å². The van der Waals surface area contributed by atoms with Crippen LogP contribution in [0.4, 0.5) is 5.69 Å². The fourth-order valence-electron chi connectivity index (χ4n) is 1.44. The van der Waals surface area contributed by atoms with Crippen LogP contribution in [0.1, 0.15) is 11.3 Å². The lowest BCUT2D eigenvalue weighted by molar-refractivity contribution is -0.384. The van der Waals surface area contributed by atoms with Crippen LogP contribution in [0.3, 0.4) is 0 Å². The van der Waals surface area contributed by atoms with E-state index in [4.69, 9.17) is 4.42 Å². The maximum atomic E-state index is 10.5. The number of hydrogen-bond acceptors (Lipinski definition) is 3. The Kier molecular flexibility index (Phi) is 1.77. The molecule has 0 aliphatic heterocycles. The molecule has 1 aromatic heterocycles. The molecule has 0 saturated heterocycles. The minimum atomic E-state index is -0.402. The fourth-order valence-corrected chi connectivity index (χ4v) is 1.44. The Morgan fingerprint density at radius 1 is 1.36 bits per heavy atom. The molecule has 4 nitrogen and oxygen atoms in total. The highest BCUT2D eigenvalue weighted by atomic mass is 16.6. The Balaban J connectivity index is 2.76. The van der Waals surface area contributed by atoms with Crippen molar-refractivity contribution in [3.05, 3.63) is 39.6 Å². The number of furan rings is 1. The van der Waals surface area contributed by atoms with Crippen molar-refractivity contribution in [3.63, 3.8) is 0 Å². The van der Waals surface area contributed by atoms with Gasteiger partial charge in [0.25, 0.3) is 5.69 Å². The lowest BCUT2D eigenvalue weighted by Crippen LogP contribution is -1.86. The van der Waals surface area contributed by atoms with Gasteiger partial charge in [0.15, 0.2) is 0 Å². The molecule has 0 unspecified atom stereocenters. The molecule has 14 heavy (non-hydrogen) atoms. The van der Waals surface area contributed by atoms with Crippen molar-refractivity contribution in [2.45, 2.75) is 13.8 Å². The quantitative estimate of drug-likeness (QED) is 0.514. The van der Waals surface area contributed by atoms with E-state index in [2.05, 4.69) is 0 Å². The highest BCUT2D eigenvalue weighted by Crippen LogP contribution is 2.27. The maximum absolute atomic E-state index is 10.5. The molecular formula is C10H9NO3. The van der Waals surface area contributed by atoms with Gasteiger partial charge in [-0.25, -0.2) is 0 Å². The molecule has 0 spiro atoms. The van der Waals surface area contributed by atoms with Gasteiger partial charge in [-0.1, -0.05) is 0 Å². The second kappa shape index (κ2) is 2.83. The highest BCUT2D eigenvalue weighted by molar-refractivity contribution is 5.84. The molecule has 0 atom stereocenters. The van der Waals surface area contributed by atoms with Gasteiger partial charge in [0.1, 0.15) is 11.3 Å². The van der Waals surface area contributed by atoms with Crippen LogP contribution in [0.25, 0.3) is 11.0 Å². The number of benzene rings is 1. The summed E-state index contributed by atoms with van der Waals surface area (Å²) in [5, 5.41) is 11.4. The van der Waals surface area contributed by atoms with Crippen LogP contribution in [0.2, 0.25) is 0 Å². The molecule has 0 radical (unpaired) electrons. The summed E-state index contributed by atoms with van der Waals surface area (Å²) in [4.78, 5) is 10.1. The molecule has 2 aromatic rings. The summed E-state index contributed by atoms with van der Waals surface area (Å²) in [6, 6.07) is 4.62. The summed E-state index contributed by atoms with van der Waals surface area (Å²) in [6.45, 7) is 3.74. The van der Waals surface area contributed by atoms with E-state index in [1.807, 2.05) is 13.8 Å². The number of non-ortho nitro benzene ring substituents is 1. The number of nitro groups is 1. The van der Waals surface area contributed by atoms with E-state index in [1.54, 1.807) is 12.1 Å². The Bertz CT molecular complexity index is 513. The van der Waals surface area contributed by atoms with Crippen LogP contribution < -0.4 is 0 Å². The average molecular weight is 191 g/mol. The molecule has 1 heterocycles. The Labute approximate surface area is 80.3 Å². The van der Waals surface area contributed by atoms with Crippen molar-refractivity contribution in [2.24, 2.45) is 0 Å². The number of nitro benzene ring substituents is 1. The smallest absolute Gasteiger partial charge is 0.270 e. The molecule has 0 aliphatic rings. The molecule has 72 valence electrons. The third-order valence-corrected chi connectivity index (χ3v) is 2.37. The zero-order valence-corrected chi connectivity index (χ0v) is 7.90. The second-order valence-corrected chi connectivity index (χ2v) is 3.22. The predicted molar refractivity (Wildman–Crippen MR) is 52.3 cm³/mol. The lowest BCUT2D eigenvalue weighted by Gasteiger charge is -1.91. The number of fused-ring (bicyclic) bond motifs is 1. The van der Waals surface area contributed by atoms with Crippen molar-refractivity contribution in [3.8, 4) is 0 Å². The number of hydrogen-bond donors (Lipinski definition) is 0. The van der Waals surface area contributed by atoms with Gasteiger partial charge in [-0.2, -0.15) is 0 Å². The van der Waals surface area contributed by atoms with E-state index in [-0.39, 0.29) is 5.69 Å². The van der Waals surface area contributed by atoms with Gasteiger partial charge >= 0.3 is 0 Å². The summed E-state index contributed by atoms with van der Waals surface area (Å²) in [7, 11) is 0. The molecule has 0 bridgehead atoms. The van der Waals surface area contributed by atoms with Gasteiger partial charge in [-0.15, -0.1) is 0 Å². The zero-order chi connectivity index (χ0) is 10.3. The third kappa shape index (κ3) is 1.16. The van der Waals surface area contributed by atoms with Gasteiger partial charge in [0.2, 0.25) is 0 Å². The van der Waals surface area contributed by atoms with E-state index in [9.17, 15) is 10.1 Å². The highest BCUT2D eigenvalue weighted by Gasteiger charge is 2.11. The summed E-state index contributed by atoms with van der Waals surface area (Å²) < 4.78 is 5.41. The van der Waals surface area contributed by atoms with Crippen LogP contribution in [0.15, 0.2) is 22.6 Å². The van der Waals surface area contributed by atoms with Crippen molar-refractivity contribution in [1.29, 1.82) is 0 Å². The monoisotopic (exact) mass is 191 g/mol. The first-order valence-electron chi connectivity index (χ1n) is 4.24.